The van der Waals surface area contributed by atoms with Gasteiger partial charge in [0.15, 0.2) is 5.78 Å². The Labute approximate surface area is 135 Å². The maximum atomic E-state index is 11.5. The molecule has 0 atom stereocenters. The summed E-state index contributed by atoms with van der Waals surface area (Å²) in [4.78, 5) is 28.3. The molecule has 6 nitrogen and oxygen atoms in total. The molecule has 22 heavy (non-hydrogen) atoms. The third-order valence-electron chi connectivity index (χ3n) is 3.65. The highest BCUT2D eigenvalue weighted by molar-refractivity contribution is 9.10. The Bertz CT molecular complexity index is 792. The molecule has 0 aliphatic carbocycles. The lowest BCUT2D eigenvalue weighted by atomic mass is 10.1. The van der Waals surface area contributed by atoms with Gasteiger partial charge in [0.1, 0.15) is 0 Å². The maximum absolute atomic E-state index is 11.5. The number of halogens is 1. The van der Waals surface area contributed by atoms with Gasteiger partial charge in [-0.1, -0.05) is 0 Å². The molecule has 0 spiro atoms. The van der Waals surface area contributed by atoms with Crippen molar-refractivity contribution in [2.45, 2.75) is 13.3 Å². The molecule has 0 fully saturated rings. The smallest absolute Gasteiger partial charge is 0.313 e. The summed E-state index contributed by atoms with van der Waals surface area (Å²) in [5.41, 5.74) is 2.48. The van der Waals surface area contributed by atoms with Gasteiger partial charge in [0.25, 0.3) is 0 Å². The molecule has 0 bridgehead atoms. The van der Waals surface area contributed by atoms with Crippen LogP contribution in [0, 0.1) is 10.1 Å². The van der Waals surface area contributed by atoms with Crippen LogP contribution < -0.4 is 4.90 Å². The molecule has 2 aromatic rings. The van der Waals surface area contributed by atoms with Crippen molar-refractivity contribution in [2.75, 3.05) is 11.4 Å². The van der Waals surface area contributed by atoms with Crippen LogP contribution in [-0.4, -0.2) is 22.2 Å². The molecule has 0 N–H and O–H groups in total. The van der Waals surface area contributed by atoms with Crippen LogP contribution in [0.2, 0.25) is 0 Å². The van der Waals surface area contributed by atoms with Gasteiger partial charge in [-0.25, -0.2) is 4.98 Å². The van der Waals surface area contributed by atoms with Gasteiger partial charge in [-0.15, -0.1) is 0 Å². The first kappa shape index (κ1) is 14.6. The third kappa shape index (κ3) is 2.48. The summed E-state index contributed by atoms with van der Waals surface area (Å²) in [5.74, 6) is 0.330. The topological polar surface area (TPSA) is 76.3 Å². The molecule has 0 amide bonds. The van der Waals surface area contributed by atoms with E-state index in [4.69, 9.17) is 0 Å². The van der Waals surface area contributed by atoms with E-state index in [-0.39, 0.29) is 11.5 Å². The van der Waals surface area contributed by atoms with Crippen molar-refractivity contribution in [3.8, 4) is 0 Å². The fourth-order valence-corrected chi connectivity index (χ4v) is 2.92. The number of ketones is 1. The van der Waals surface area contributed by atoms with E-state index in [1.54, 1.807) is 12.3 Å². The lowest BCUT2D eigenvalue weighted by molar-refractivity contribution is -0.384. The van der Waals surface area contributed by atoms with E-state index in [9.17, 15) is 14.9 Å². The molecule has 0 radical (unpaired) electrons. The number of carbonyl (C=O) groups excluding carboxylic acids is 1. The molecular weight excluding hydrogens is 350 g/mol. The molecule has 1 aliphatic rings. The standard InChI is InChI=1S/C15H12BrN3O3/c1-9(20)10-2-3-13-11(6-10)4-5-18(13)15-14(19(21)22)7-12(16)8-17-15/h2-3,6-8H,4-5H2,1H3. The fourth-order valence-electron chi connectivity index (χ4n) is 2.60. The van der Waals surface area contributed by atoms with Crippen molar-refractivity contribution < 1.29 is 9.72 Å². The number of aromatic nitrogens is 1. The Balaban J connectivity index is 2.07. The number of hydrogen-bond donors (Lipinski definition) is 0. The molecule has 112 valence electrons. The first-order chi connectivity index (χ1) is 10.5. The van der Waals surface area contributed by atoms with Crippen LogP contribution in [0.4, 0.5) is 17.2 Å². The summed E-state index contributed by atoms with van der Waals surface area (Å²) in [6, 6.07) is 6.86. The van der Waals surface area contributed by atoms with Gasteiger partial charge in [-0.2, -0.15) is 0 Å². The molecular formula is C15H12BrN3O3. The highest BCUT2D eigenvalue weighted by atomic mass is 79.9. The number of hydrogen-bond acceptors (Lipinski definition) is 5. The van der Waals surface area contributed by atoms with Gasteiger partial charge in [-0.3, -0.25) is 14.9 Å². The summed E-state index contributed by atoms with van der Waals surface area (Å²) in [6.45, 7) is 2.13. The summed E-state index contributed by atoms with van der Waals surface area (Å²) in [7, 11) is 0. The van der Waals surface area contributed by atoms with Gasteiger partial charge in [0.05, 0.1) is 4.92 Å². The number of pyridine rings is 1. The number of Topliss-reactive ketones (excluding diaryl/α,β-unsaturated/α-hetero) is 1. The SMILES string of the molecule is CC(=O)c1ccc2c(c1)CCN2c1ncc(Br)cc1[N+](=O)[O-]. The van der Waals surface area contributed by atoms with Crippen molar-refractivity contribution in [1.82, 2.24) is 4.98 Å². The largest absolute Gasteiger partial charge is 0.320 e. The van der Waals surface area contributed by atoms with E-state index in [2.05, 4.69) is 20.9 Å². The second-order valence-electron chi connectivity index (χ2n) is 5.05. The van der Waals surface area contributed by atoms with Crippen molar-refractivity contribution in [1.29, 1.82) is 0 Å². The molecule has 0 saturated heterocycles. The minimum Gasteiger partial charge on any atom is -0.320 e. The lowest BCUT2D eigenvalue weighted by Gasteiger charge is -2.18. The van der Waals surface area contributed by atoms with E-state index in [1.807, 2.05) is 17.0 Å². The Kier molecular flexibility index (Phi) is 3.66. The number of carbonyl (C=O) groups is 1. The van der Waals surface area contributed by atoms with Crippen molar-refractivity contribution >= 4 is 38.9 Å². The number of nitrogens with zero attached hydrogens (tertiary/aromatic N) is 3. The zero-order chi connectivity index (χ0) is 15.9. The lowest BCUT2D eigenvalue weighted by Crippen LogP contribution is -2.16. The second-order valence-corrected chi connectivity index (χ2v) is 5.97. The van der Waals surface area contributed by atoms with Gasteiger partial charge in [-0.05, 0) is 53.0 Å². The van der Waals surface area contributed by atoms with Crippen LogP contribution >= 0.6 is 15.9 Å². The third-order valence-corrected chi connectivity index (χ3v) is 4.08. The van der Waals surface area contributed by atoms with Crippen LogP contribution in [0.15, 0.2) is 34.9 Å². The van der Waals surface area contributed by atoms with E-state index >= 15 is 0 Å². The molecule has 0 unspecified atom stereocenters. The average Bonchev–Trinajstić information content (AvgIpc) is 2.90. The number of nitro groups is 1. The van der Waals surface area contributed by atoms with Crippen molar-refractivity contribution in [3.05, 3.63) is 56.2 Å². The average molecular weight is 362 g/mol. The fraction of sp³-hybridized carbons (Fsp3) is 0.200. The number of anilines is 2. The molecule has 2 heterocycles. The van der Waals surface area contributed by atoms with Crippen molar-refractivity contribution in [3.63, 3.8) is 0 Å². The van der Waals surface area contributed by atoms with Crippen LogP contribution in [0.3, 0.4) is 0 Å². The van der Waals surface area contributed by atoms with Crippen LogP contribution in [-0.2, 0) is 6.42 Å². The zero-order valence-corrected chi connectivity index (χ0v) is 13.3. The van der Waals surface area contributed by atoms with Gasteiger partial charge < -0.3 is 4.90 Å². The van der Waals surface area contributed by atoms with Crippen LogP contribution in [0.5, 0.6) is 0 Å². The highest BCUT2D eigenvalue weighted by Gasteiger charge is 2.28. The second kappa shape index (κ2) is 5.49. The Morgan fingerprint density at radius 2 is 2.18 bits per heavy atom. The Morgan fingerprint density at radius 3 is 2.86 bits per heavy atom. The van der Waals surface area contributed by atoms with E-state index in [1.165, 1.54) is 13.0 Å². The molecule has 1 aliphatic heterocycles. The van der Waals surface area contributed by atoms with E-state index in [0.717, 1.165) is 17.7 Å². The quantitative estimate of drug-likeness (QED) is 0.473. The summed E-state index contributed by atoms with van der Waals surface area (Å²) < 4.78 is 0.564. The first-order valence-electron chi connectivity index (χ1n) is 6.68. The molecule has 1 aromatic carbocycles. The van der Waals surface area contributed by atoms with Crippen LogP contribution in [0.1, 0.15) is 22.8 Å². The van der Waals surface area contributed by atoms with Crippen molar-refractivity contribution in [2.24, 2.45) is 0 Å². The van der Waals surface area contributed by atoms with Crippen LogP contribution in [0.25, 0.3) is 0 Å². The summed E-state index contributed by atoms with van der Waals surface area (Å²) in [6.07, 6.45) is 2.27. The Morgan fingerprint density at radius 1 is 1.41 bits per heavy atom. The summed E-state index contributed by atoms with van der Waals surface area (Å²) >= 11 is 3.21. The highest BCUT2D eigenvalue weighted by Crippen LogP contribution is 2.39. The number of fused-ring (bicyclic) bond motifs is 1. The van der Waals surface area contributed by atoms with Gasteiger partial charge >= 0.3 is 5.69 Å². The monoisotopic (exact) mass is 361 g/mol. The molecule has 7 heteroatoms. The minimum absolute atomic E-state index is 0.00833. The maximum Gasteiger partial charge on any atom is 0.313 e. The minimum atomic E-state index is -0.435. The van der Waals surface area contributed by atoms with Gasteiger partial charge in [0, 0.05) is 34.5 Å². The Hall–Kier alpha value is -2.28. The molecule has 0 saturated carbocycles. The normalized spacial score (nSPS) is 13.1. The van der Waals surface area contributed by atoms with Gasteiger partial charge in [0.2, 0.25) is 5.82 Å². The van der Waals surface area contributed by atoms with E-state index < -0.39 is 4.92 Å². The van der Waals surface area contributed by atoms with E-state index in [0.29, 0.717) is 22.4 Å². The number of benzene rings is 1. The predicted octanol–water partition coefficient (Wildman–Crippen LogP) is 3.65. The molecule has 3 rings (SSSR count). The summed E-state index contributed by atoms with van der Waals surface area (Å²) in [5, 5.41) is 11.3. The number of rotatable bonds is 3. The zero-order valence-electron chi connectivity index (χ0n) is 11.7. The predicted molar refractivity (Wildman–Crippen MR) is 85.7 cm³/mol. The first-order valence-corrected chi connectivity index (χ1v) is 7.48. The molecule has 1 aromatic heterocycles.